The molecule has 2 N–H and O–H groups in total. The van der Waals surface area contributed by atoms with Crippen LogP contribution in [0.15, 0.2) is 84.0 Å². The second-order valence-corrected chi connectivity index (χ2v) is 6.58. The molecule has 3 rings (SSSR count). The number of rotatable bonds is 6. The summed E-state index contributed by atoms with van der Waals surface area (Å²) in [7, 11) is 3.95. The normalized spacial score (nSPS) is 10.6. The summed E-state index contributed by atoms with van der Waals surface area (Å²) >= 11 is 0. The zero-order valence-corrected chi connectivity index (χ0v) is 16.3. The minimum Gasteiger partial charge on any atom is -0.378 e. The van der Waals surface area contributed by atoms with Gasteiger partial charge in [0.2, 0.25) is 0 Å². The van der Waals surface area contributed by atoms with Crippen LogP contribution in [0, 0.1) is 0 Å². The molecule has 0 unspecified atom stereocenters. The zero-order chi connectivity index (χ0) is 20.6. The van der Waals surface area contributed by atoms with Gasteiger partial charge in [-0.05, 0) is 54.1 Å². The van der Waals surface area contributed by atoms with Crippen LogP contribution in [-0.2, 0) is 0 Å². The van der Waals surface area contributed by atoms with Crippen molar-refractivity contribution in [1.29, 1.82) is 0 Å². The van der Waals surface area contributed by atoms with Crippen molar-refractivity contribution < 1.29 is 9.59 Å². The van der Waals surface area contributed by atoms with E-state index < -0.39 is 0 Å². The Labute approximate surface area is 169 Å². The fraction of sp³-hybridized carbons (Fsp3) is 0.0870. The SMILES string of the molecule is CN(C)c1ccc(/C=N\NC(=O)c2ccc(NC(=O)c3ccccc3)cc2)cc1. The lowest BCUT2D eigenvalue weighted by Gasteiger charge is -2.11. The highest BCUT2D eigenvalue weighted by atomic mass is 16.2. The van der Waals surface area contributed by atoms with Crippen molar-refractivity contribution >= 4 is 29.4 Å². The Hall–Kier alpha value is -3.93. The first-order chi connectivity index (χ1) is 14.0. The van der Waals surface area contributed by atoms with Gasteiger partial charge < -0.3 is 10.2 Å². The van der Waals surface area contributed by atoms with E-state index in [1.807, 2.05) is 49.3 Å². The largest absolute Gasteiger partial charge is 0.378 e. The van der Waals surface area contributed by atoms with Gasteiger partial charge in [-0.25, -0.2) is 5.43 Å². The fourth-order valence-electron chi connectivity index (χ4n) is 2.59. The van der Waals surface area contributed by atoms with Crippen LogP contribution in [0.1, 0.15) is 26.3 Å². The van der Waals surface area contributed by atoms with Crippen molar-refractivity contribution in [2.75, 3.05) is 24.3 Å². The van der Waals surface area contributed by atoms with E-state index in [9.17, 15) is 9.59 Å². The van der Waals surface area contributed by atoms with Crippen LogP contribution >= 0.6 is 0 Å². The first-order valence-corrected chi connectivity index (χ1v) is 9.10. The predicted octanol–water partition coefficient (Wildman–Crippen LogP) is 3.77. The number of nitrogens with zero attached hydrogens (tertiary/aromatic N) is 2. The molecule has 146 valence electrons. The highest BCUT2D eigenvalue weighted by Gasteiger charge is 2.07. The van der Waals surface area contributed by atoms with Crippen LogP contribution in [0.2, 0.25) is 0 Å². The molecule has 3 aromatic rings. The average molecular weight is 386 g/mol. The summed E-state index contributed by atoms with van der Waals surface area (Å²) in [5, 5.41) is 6.79. The highest BCUT2D eigenvalue weighted by Crippen LogP contribution is 2.12. The van der Waals surface area contributed by atoms with Crippen molar-refractivity contribution in [1.82, 2.24) is 5.43 Å². The molecule has 3 aromatic carbocycles. The van der Waals surface area contributed by atoms with E-state index in [4.69, 9.17) is 0 Å². The maximum absolute atomic E-state index is 12.2. The second kappa shape index (κ2) is 9.32. The molecule has 0 fully saturated rings. The van der Waals surface area contributed by atoms with Crippen molar-refractivity contribution in [3.63, 3.8) is 0 Å². The summed E-state index contributed by atoms with van der Waals surface area (Å²) in [6.07, 6.45) is 1.59. The number of hydrazone groups is 1. The third-order valence-corrected chi connectivity index (χ3v) is 4.23. The number of carbonyl (C=O) groups is 2. The van der Waals surface area contributed by atoms with E-state index in [1.165, 1.54) is 0 Å². The Bertz CT molecular complexity index is 995. The van der Waals surface area contributed by atoms with Crippen LogP contribution in [0.3, 0.4) is 0 Å². The Morgan fingerprint density at radius 1 is 0.793 bits per heavy atom. The van der Waals surface area contributed by atoms with E-state index in [1.54, 1.807) is 54.7 Å². The molecule has 0 saturated heterocycles. The third-order valence-electron chi connectivity index (χ3n) is 4.23. The van der Waals surface area contributed by atoms with Crippen LogP contribution in [0.25, 0.3) is 0 Å². The molecule has 0 aliphatic carbocycles. The lowest BCUT2D eigenvalue weighted by Crippen LogP contribution is -2.18. The summed E-state index contributed by atoms with van der Waals surface area (Å²) in [6, 6.07) is 23.4. The predicted molar refractivity (Wildman–Crippen MR) is 117 cm³/mol. The molecule has 2 amide bonds. The van der Waals surface area contributed by atoms with Crippen molar-refractivity contribution in [3.05, 3.63) is 95.6 Å². The minimum atomic E-state index is -0.327. The Morgan fingerprint density at radius 3 is 2.03 bits per heavy atom. The minimum absolute atomic E-state index is 0.201. The van der Waals surface area contributed by atoms with E-state index in [-0.39, 0.29) is 11.8 Å². The van der Waals surface area contributed by atoms with Crippen molar-refractivity contribution in [2.24, 2.45) is 5.10 Å². The fourth-order valence-corrected chi connectivity index (χ4v) is 2.59. The number of anilines is 2. The maximum atomic E-state index is 12.2. The van der Waals surface area contributed by atoms with E-state index >= 15 is 0 Å². The van der Waals surface area contributed by atoms with Gasteiger partial charge in [0, 0.05) is 36.6 Å². The van der Waals surface area contributed by atoms with Gasteiger partial charge in [0.15, 0.2) is 0 Å². The summed E-state index contributed by atoms with van der Waals surface area (Å²) in [5.74, 6) is -0.528. The molecule has 29 heavy (non-hydrogen) atoms. The smallest absolute Gasteiger partial charge is 0.271 e. The number of carbonyl (C=O) groups excluding carboxylic acids is 2. The number of hydrogen-bond acceptors (Lipinski definition) is 4. The van der Waals surface area contributed by atoms with Crippen LogP contribution in [-0.4, -0.2) is 32.1 Å². The first kappa shape index (κ1) is 19.8. The lowest BCUT2D eigenvalue weighted by molar-refractivity contribution is 0.0954. The number of amides is 2. The molecule has 0 spiro atoms. The van der Waals surface area contributed by atoms with Gasteiger partial charge in [-0.15, -0.1) is 0 Å². The number of hydrogen-bond donors (Lipinski definition) is 2. The van der Waals surface area contributed by atoms with Gasteiger partial charge in [-0.1, -0.05) is 30.3 Å². The highest BCUT2D eigenvalue weighted by molar-refractivity contribution is 6.04. The Balaban J connectivity index is 1.55. The molecule has 0 bridgehead atoms. The first-order valence-electron chi connectivity index (χ1n) is 9.10. The van der Waals surface area contributed by atoms with Gasteiger partial charge in [0.25, 0.3) is 11.8 Å². The molecular formula is C23H22N4O2. The molecule has 6 nitrogen and oxygen atoms in total. The van der Waals surface area contributed by atoms with Gasteiger partial charge in [0.05, 0.1) is 6.21 Å². The molecule has 6 heteroatoms. The van der Waals surface area contributed by atoms with Gasteiger partial charge in [0.1, 0.15) is 0 Å². The zero-order valence-electron chi connectivity index (χ0n) is 16.3. The van der Waals surface area contributed by atoms with E-state index in [0.29, 0.717) is 16.8 Å². The molecule has 0 aliphatic heterocycles. The van der Waals surface area contributed by atoms with E-state index in [0.717, 1.165) is 11.3 Å². The number of nitrogens with one attached hydrogen (secondary N) is 2. The second-order valence-electron chi connectivity index (χ2n) is 6.58. The van der Waals surface area contributed by atoms with Crippen molar-refractivity contribution in [2.45, 2.75) is 0 Å². The molecule has 0 atom stereocenters. The maximum Gasteiger partial charge on any atom is 0.271 e. The monoisotopic (exact) mass is 386 g/mol. The van der Waals surface area contributed by atoms with Gasteiger partial charge in [-0.3, -0.25) is 9.59 Å². The third kappa shape index (κ3) is 5.52. The molecule has 0 aliphatic rings. The average Bonchev–Trinajstić information content (AvgIpc) is 2.75. The molecular weight excluding hydrogens is 364 g/mol. The summed E-state index contributed by atoms with van der Waals surface area (Å²) in [5.41, 5.74) is 6.11. The van der Waals surface area contributed by atoms with Crippen LogP contribution in [0.5, 0.6) is 0 Å². The summed E-state index contributed by atoms with van der Waals surface area (Å²) in [4.78, 5) is 26.4. The molecule has 0 saturated carbocycles. The standard InChI is InChI=1S/C23H22N4O2/c1-27(2)21-14-8-17(9-15-21)16-24-26-23(29)19-10-12-20(13-11-19)25-22(28)18-6-4-3-5-7-18/h3-16H,1-2H3,(H,25,28)(H,26,29)/b24-16-. The van der Waals surface area contributed by atoms with Gasteiger partial charge in [-0.2, -0.15) is 5.10 Å². The van der Waals surface area contributed by atoms with Crippen LogP contribution in [0.4, 0.5) is 11.4 Å². The Morgan fingerprint density at radius 2 is 1.41 bits per heavy atom. The molecule has 0 aromatic heterocycles. The summed E-state index contributed by atoms with van der Waals surface area (Å²) < 4.78 is 0. The topological polar surface area (TPSA) is 73.8 Å². The quantitative estimate of drug-likeness (QED) is 0.500. The molecule has 0 heterocycles. The summed E-state index contributed by atoms with van der Waals surface area (Å²) in [6.45, 7) is 0. The van der Waals surface area contributed by atoms with Crippen molar-refractivity contribution in [3.8, 4) is 0 Å². The lowest BCUT2D eigenvalue weighted by atomic mass is 10.1. The van der Waals surface area contributed by atoms with Gasteiger partial charge >= 0.3 is 0 Å². The molecule has 0 radical (unpaired) electrons. The number of benzene rings is 3. The van der Waals surface area contributed by atoms with E-state index in [2.05, 4.69) is 15.8 Å². The Kier molecular flexibility index (Phi) is 6.37. The van der Waals surface area contributed by atoms with Crippen LogP contribution < -0.4 is 15.6 Å².